The average molecular weight is 193 g/mol. The molecule has 0 aromatic carbocycles. The molecule has 0 aliphatic heterocycles. The largest absolute Gasteiger partial charge is 0.481 e. The lowest BCUT2D eigenvalue weighted by Crippen LogP contribution is -2.17. The molecule has 14 heavy (non-hydrogen) atoms. The van der Waals surface area contributed by atoms with Gasteiger partial charge in [-0.05, 0) is 6.42 Å². The highest BCUT2D eigenvalue weighted by Gasteiger charge is 1.98. The van der Waals surface area contributed by atoms with Gasteiger partial charge in [-0.3, -0.25) is 4.79 Å². The molecule has 0 aromatic rings. The second-order valence-corrected chi connectivity index (χ2v) is 3.10. The van der Waals surface area contributed by atoms with Gasteiger partial charge in [-0.25, -0.2) is 0 Å². The summed E-state index contributed by atoms with van der Waals surface area (Å²) in [5.74, 6) is -0.764. The molecule has 2 N–H and O–H groups in total. The lowest BCUT2D eigenvalue weighted by Gasteiger charge is -2.08. The Morgan fingerprint density at radius 2 is 2.21 bits per heavy atom. The van der Waals surface area contributed by atoms with E-state index >= 15 is 0 Å². The quantitative estimate of drug-likeness (QED) is 0.716. The van der Waals surface area contributed by atoms with Crippen LogP contribution in [0.2, 0.25) is 0 Å². The van der Waals surface area contributed by atoms with Crippen molar-refractivity contribution in [3.63, 3.8) is 0 Å². The zero-order valence-electron chi connectivity index (χ0n) is 8.07. The van der Waals surface area contributed by atoms with Crippen molar-refractivity contribution in [3.8, 4) is 0 Å². The molecule has 0 aromatic heterocycles. The lowest BCUT2D eigenvalue weighted by molar-refractivity contribution is -0.136. The molecule has 1 aliphatic rings. The Morgan fingerprint density at radius 3 is 3.00 bits per heavy atom. The summed E-state index contributed by atoms with van der Waals surface area (Å²) in [5.41, 5.74) is 1.10. The number of hydrogen-bond donors (Lipinski definition) is 2. The predicted molar refractivity (Wildman–Crippen MR) is 55.9 cm³/mol. The molecular formula is C11H15NO2. The summed E-state index contributed by atoms with van der Waals surface area (Å²) in [6, 6.07) is 0. The molecule has 3 nitrogen and oxygen atoms in total. The van der Waals surface area contributed by atoms with Gasteiger partial charge >= 0.3 is 5.97 Å². The van der Waals surface area contributed by atoms with E-state index in [1.54, 1.807) is 0 Å². The van der Waals surface area contributed by atoms with Crippen LogP contribution in [-0.2, 0) is 4.79 Å². The van der Waals surface area contributed by atoms with Crippen molar-refractivity contribution in [3.05, 3.63) is 36.1 Å². The zero-order chi connectivity index (χ0) is 10.2. The van der Waals surface area contributed by atoms with E-state index in [1.807, 2.05) is 12.2 Å². The maximum atomic E-state index is 10.3. The maximum Gasteiger partial charge on any atom is 0.305 e. The number of aliphatic carboxylic acids is 1. The maximum absolute atomic E-state index is 10.3. The van der Waals surface area contributed by atoms with E-state index in [4.69, 9.17) is 5.11 Å². The van der Waals surface area contributed by atoms with E-state index in [0.29, 0.717) is 6.54 Å². The predicted octanol–water partition coefficient (Wildman–Crippen LogP) is 1.84. The molecule has 0 saturated carbocycles. The van der Waals surface area contributed by atoms with Gasteiger partial charge in [-0.2, -0.15) is 0 Å². The van der Waals surface area contributed by atoms with Crippen LogP contribution in [0.15, 0.2) is 36.1 Å². The Hall–Kier alpha value is -1.51. The van der Waals surface area contributed by atoms with E-state index in [2.05, 4.69) is 23.5 Å². The topological polar surface area (TPSA) is 49.3 Å². The number of nitrogens with one attached hydrogen (secondary N) is 1. The van der Waals surface area contributed by atoms with E-state index in [9.17, 15) is 4.79 Å². The van der Waals surface area contributed by atoms with Crippen LogP contribution in [0.5, 0.6) is 0 Å². The zero-order valence-corrected chi connectivity index (χ0v) is 8.07. The molecule has 0 heterocycles. The van der Waals surface area contributed by atoms with E-state index < -0.39 is 5.97 Å². The van der Waals surface area contributed by atoms with Crippen LogP contribution in [0.4, 0.5) is 0 Å². The summed E-state index contributed by atoms with van der Waals surface area (Å²) in [7, 11) is 0. The Kier molecular flexibility index (Phi) is 4.55. The minimum atomic E-state index is -0.764. The number of hydrogen-bond acceptors (Lipinski definition) is 2. The minimum Gasteiger partial charge on any atom is -0.481 e. The molecular weight excluding hydrogens is 178 g/mol. The molecule has 0 unspecified atom stereocenters. The lowest BCUT2D eigenvalue weighted by atomic mass is 10.2. The molecule has 0 radical (unpaired) electrons. The standard InChI is InChI=1S/C11H15NO2/c13-11(14)8-9-12-10-6-4-2-1-3-5-7-10/h1-4,7,12H,5-6,8-9H2,(H,13,14)/b3-1-,4-2-,10-7+. The fourth-order valence-corrected chi connectivity index (χ4v) is 1.20. The average Bonchev–Trinajstić information content (AvgIpc) is 2.07. The number of rotatable bonds is 4. The fourth-order valence-electron chi connectivity index (χ4n) is 1.20. The van der Waals surface area contributed by atoms with Gasteiger partial charge in [-0.15, -0.1) is 0 Å². The Morgan fingerprint density at radius 1 is 1.43 bits per heavy atom. The summed E-state index contributed by atoms with van der Waals surface area (Å²) >= 11 is 0. The molecule has 0 spiro atoms. The highest BCUT2D eigenvalue weighted by molar-refractivity contribution is 5.66. The first-order valence-electron chi connectivity index (χ1n) is 4.75. The summed E-state index contributed by atoms with van der Waals surface area (Å²) in [4.78, 5) is 10.3. The summed E-state index contributed by atoms with van der Waals surface area (Å²) < 4.78 is 0. The monoisotopic (exact) mass is 193 g/mol. The third kappa shape index (κ3) is 4.50. The summed E-state index contributed by atoms with van der Waals surface area (Å²) in [6.07, 6.45) is 12.1. The van der Waals surface area contributed by atoms with Crippen LogP contribution in [-0.4, -0.2) is 17.6 Å². The summed E-state index contributed by atoms with van der Waals surface area (Å²) in [5, 5.41) is 11.6. The molecule has 1 rings (SSSR count). The van der Waals surface area contributed by atoms with E-state index in [-0.39, 0.29) is 6.42 Å². The SMILES string of the molecule is O=C(O)CCN/C1=C/C/C=C\C=C/C1. The summed E-state index contributed by atoms with van der Waals surface area (Å²) in [6.45, 7) is 0.499. The van der Waals surface area contributed by atoms with Crippen LogP contribution in [0, 0.1) is 0 Å². The van der Waals surface area contributed by atoms with Gasteiger partial charge in [0.1, 0.15) is 0 Å². The van der Waals surface area contributed by atoms with Gasteiger partial charge in [0.2, 0.25) is 0 Å². The van der Waals surface area contributed by atoms with Crippen LogP contribution >= 0.6 is 0 Å². The van der Waals surface area contributed by atoms with Crippen molar-refractivity contribution in [1.82, 2.24) is 5.32 Å². The number of carbonyl (C=O) groups is 1. The van der Waals surface area contributed by atoms with E-state index in [1.165, 1.54) is 0 Å². The Balaban J connectivity index is 2.32. The molecule has 0 atom stereocenters. The normalized spacial score (nSPS) is 23.9. The van der Waals surface area contributed by atoms with Gasteiger partial charge in [-0.1, -0.05) is 30.4 Å². The molecule has 0 fully saturated rings. The molecule has 76 valence electrons. The molecule has 0 amide bonds. The van der Waals surface area contributed by atoms with Gasteiger partial charge in [0.25, 0.3) is 0 Å². The molecule has 1 aliphatic carbocycles. The Bertz CT molecular complexity index is 277. The van der Waals surface area contributed by atoms with Crippen molar-refractivity contribution < 1.29 is 9.90 Å². The first-order valence-corrected chi connectivity index (χ1v) is 4.75. The second kappa shape index (κ2) is 6.02. The van der Waals surface area contributed by atoms with Gasteiger partial charge in [0, 0.05) is 18.7 Å². The van der Waals surface area contributed by atoms with Crippen molar-refractivity contribution in [1.29, 1.82) is 0 Å². The van der Waals surface area contributed by atoms with Crippen LogP contribution in [0.1, 0.15) is 19.3 Å². The van der Waals surface area contributed by atoms with Gasteiger partial charge < -0.3 is 10.4 Å². The third-order valence-corrected chi connectivity index (χ3v) is 1.91. The molecule has 0 bridgehead atoms. The third-order valence-electron chi connectivity index (χ3n) is 1.91. The van der Waals surface area contributed by atoms with Gasteiger partial charge in [0.15, 0.2) is 0 Å². The van der Waals surface area contributed by atoms with Crippen LogP contribution < -0.4 is 5.32 Å². The number of carboxylic acids is 1. The van der Waals surface area contributed by atoms with Crippen molar-refractivity contribution >= 4 is 5.97 Å². The minimum absolute atomic E-state index is 0.164. The van der Waals surface area contributed by atoms with Gasteiger partial charge in [0.05, 0.1) is 6.42 Å². The second-order valence-electron chi connectivity index (χ2n) is 3.10. The number of allylic oxidation sites excluding steroid dienone is 5. The first kappa shape index (κ1) is 10.6. The van der Waals surface area contributed by atoms with Crippen molar-refractivity contribution in [2.75, 3.05) is 6.54 Å². The molecule has 3 heteroatoms. The fraction of sp³-hybridized carbons (Fsp3) is 0.364. The van der Waals surface area contributed by atoms with Crippen molar-refractivity contribution in [2.24, 2.45) is 0 Å². The number of carboxylic acid groups (broad SMARTS) is 1. The van der Waals surface area contributed by atoms with Crippen LogP contribution in [0.25, 0.3) is 0 Å². The highest BCUT2D eigenvalue weighted by Crippen LogP contribution is 2.04. The van der Waals surface area contributed by atoms with E-state index in [0.717, 1.165) is 18.5 Å². The first-order chi connectivity index (χ1) is 6.79. The smallest absolute Gasteiger partial charge is 0.305 e. The van der Waals surface area contributed by atoms with Crippen LogP contribution in [0.3, 0.4) is 0 Å². The Labute approximate surface area is 83.8 Å². The van der Waals surface area contributed by atoms with Crippen molar-refractivity contribution in [2.45, 2.75) is 19.3 Å². The molecule has 0 saturated heterocycles. The highest BCUT2D eigenvalue weighted by atomic mass is 16.4.